The van der Waals surface area contributed by atoms with Crippen molar-refractivity contribution in [3.8, 4) is 0 Å². The summed E-state index contributed by atoms with van der Waals surface area (Å²) in [4.78, 5) is 191. The number of benzene rings is 2. The minimum atomic E-state index is -1.81. The van der Waals surface area contributed by atoms with Crippen LogP contribution in [-0.2, 0) is 80.0 Å². The Morgan fingerprint density at radius 2 is 0.979 bits per heavy atom. The highest BCUT2D eigenvalue weighted by atomic mass is 32.2. The number of fused-ring (bicyclic) bond motifs is 1. The molecular weight excluding hydrogens is 1250 g/mol. The Morgan fingerprint density at radius 1 is 0.505 bits per heavy atom. The first-order chi connectivity index (χ1) is 44.9. The number of hydrogen-bond acceptors (Lipinski definition) is 17. The molecule has 3 rings (SSSR count). The SMILES string of the molecule is CSCC[C@H](NC(=O)[C@H](C)NC(C)=O)C(=O)N[C@H](C(=O)N[C@@H](CO)C(=O)N[C@@H](CCC(=O)O)C(=O)N[C@@H](Cc1ccccc1)C(=O)N[C@@H](CC(C)C)C(=O)N[C@@H](CCCCN)C(=O)N[C@@H](CCC(N)=O)C(=O)N[C@@H](C)C(=O)N[C@@H](Cc1c[nH]c2ccccc12)C(N)=O)C(C)C. The van der Waals surface area contributed by atoms with Crippen LogP contribution in [-0.4, -0.2) is 190 Å². The van der Waals surface area contributed by atoms with Crippen LogP contribution in [0, 0.1) is 11.8 Å². The average molecular weight is 1350 g/mol. The third kappa shape index (κ3) is 28.1. The highest BCUT2D eigenvalue weighted by Crippen LogP contribution is 2.20. The van der Waals surface area contributed by atoms with Crippen molar-refractivity contribution in [1.82, 2.24) is 63.5 Å². The molecule has 31 nitrogen and oxygen atoms in total. The molecule has 524 valence electrons. The highest BCUT2D eigenvalue weighted by Gasteiger charge is 2.37. The molecule has 0 aliphatic heterocycles. The molecule has 20 N–H and O–H groups in total. The number of aliphatic hydroxyl groups is 1. The number of carboxylic acids is 1. The molecule has 2 aromatic carbocycles. The van der Waals surface area contributed by atoms with Gasteiger partial charge in [0.2, 0.25) is 76.8 Å². The van der Waals surface area contributed by atoms with Crippen LogP contribution in [0.25, 0.3) is 10.9 Å². The number of thioether (sulfide) groups is 1. The van der Waals surface area contributed by atoms with E-state index in [0.29, 0.717) is 23.3 Å². The monoisotopic (exact) mass is 1350 g/mol. The summed E-state index contributed by atoms with van der Waals surface area (Å²) in [5, 5.41) is 48.8. The van der Waals surface area contributed by atoms with Crippen molar-refractivity contribution in [2.75, 3.05) is 25.2 Å². The van der Waals surface area contributed by atoms with Gasteiger partial charge in [-0.15, -0.1) is 0 Å². The van der Waals surface area contributed by atoms with Gasteiger partial charge in [-0.05, 0) is 106 Å². The van der Waals surface area contributed by atoms with Crippen LogP contribution >= 0.6 is 11.8 Å². The Labute approximate surface area is 555 Å². The number of aromatic amines is 1. The minimum absolute atomic E-state index is 0.00652. The van der Waals surface area contributed by atoms with E-state index in [0.717, 1.165) is 10.9 Å². The molecule has 0 bridgehead atoms. The van der Waals surface area contributed by atoms with Crippen LogP contribution in [0.4, 0.5) is 0 Å². The summed E-state index contributed by atoms with van der Waals surface area (Å²) in [5.41, 5.74) is 18.9. The zero-order valence-corrected chi connectivity index (χ0v) is 55.7. The Kier molecular flexibility index (Phi) is 34.4. The first-order valence-electron chi connectivity index (χ1n) is 31.4. The van der Waals surface area contributed by atoms with Crippen LogP contribution in [0.5, 0.6) is 0 Å². The fraction of sp³-hybridized carbons (Fsp3) is 0.556. The zero-order valence-electron chi connectivity index (χ0n) is 54.9. The largest absolute Gasteiger partial charge is 0.481 e. The molecule has 0 unspecified atom stereocenters. The molecule has 11 atom stereocenters. The van der Waals surface area contributed by atoms with Gasteiger partial charge in [0.05, 0.1) is 6.61 Å². The number of amides is 13. The second-order valence-electron chi connectivity index (χ2n) is 23.8. The van der Waals surface area contributed by atoms with Crippen molar-refractivity contribution in [3.05, 3.63) is 71.9 Å². The van der Waals surface area contributed by atoms with Crippen molar-refractivity contribution < 1.29 is 77.3 Å². The lowest BCUT2D eigenvalue weighted by Gasteiger charge is -2.29. The van der Waals surface area contributed by atoms with Gasteiger partial charge >= 0.3 is 5.97 Å². The number of nitrogens with two attached hydrogens (primary N) is 3. The second kappa shape index (κ2) is 40.8. The lowest BCUT2D eigenvalue weighted by atomic mass is 9.99. The predicted octanol–water partition coefficient (Wildman–Crippen LogP) is -2.46. The number of H-pyrrole nitrogens is 1. The van der Waals surface area contributed by atoms with Crippen LogP contribution < -0.4 is 75.7 Å². The summed E-state index contributed by atoms with van der Waals surface area (Å²) in [7, 11) is 0. The molecule has 1 heterocycles. The molecule has 0 saturated heterocycles. The summed E-state index contributed by atoms with van der Waals surface area (Å²) in [6.45, 7) is 9.70. The van der Waals surface area contributed by atoms with Crippen molar-refractivity contribution in [2.45, 2.75) is 186 Å². The van der Waals surface area contributed by atoms with Gasteiger partial charge < -0.3 is 90.9 Å². The number of unbranched alkanes of at least 4 members (excludes halogenated alkanes) is 1. The lowest BCUT2D eigenvalue weighted by Crippen LogP contribution is -2.61. The van der Waals surface area contributed by atoms with Crippen LogP contribution in [0.2, 0.25) is 0 Å². The Bertz CT molecular complexity index is 3130. The van der Waals surface area contributed by atoms with Gasteiger partial charge in [0.15, 0.2) is 0 Å². The third-order valence-corrected chi connectivity index (χ3v) is 15.7. The molecule has 1 aromatic heterocycles. The number of para-hydroxylation sites is 1. The molecular formula is C63H95N15O16S. The van der Waals surface area contributed by atoms with E-state index in [9.17, 15) is 77.3 Å². The minimum Gasteiger partial charge on any atom is -0.481 e. The number of aromatic nitrogens is 1. The van der Waals surface area contributed by atoms with Crippen molar-refractivity contribution in [2.24, 2.45) is 29.0 Å². The number of carboxylic acid groups (broad SMARTS) is 1. The summed E-state index contributed by atoms with van der Waals surface area (Å²) in [6.07, 6.45) is 1.82. The summed E-state index contributed by atoms with van der Waals surface area (Å²) < 4.78 is 0. The molecule has 0 spiro atoms. The van der Waals surface area contributed by atoms with Crippen molar-refractivity contribution >= 4 is 105 Å². The van der Waals surface area contributed by atoms with E-state index >= 15 is 0 Å². The molecule has 0 aliphatic carbocycles. The van der Waals surface area contributed by atoms with E-state index in [1.165, 1.54) is 32.5 Å². The molecule has 0 saturated carbocycles. The van der Waals surface area contributed by atoms with Gasteiger partial charge in [-0.2, -0.15) is 11.8 Å². The topological polar surface area (TPSA) is 506 Å². The van der Waals surface area contributed by atoms with Gasteiger partial charge in [-0.1, -0.05) is 76.2 Å². The Balaban J connectivity index is 1.89. The first kappa shape index (κ1) is 80.1. The first-order valence-corrected chi connectivity index (χ1v) is 32.8. The fourth-order valence-corrected chi connectivity index (χ4v) is 10.3. The Morgan fingerprint density at radius 3 is 1.53 bits per heavy atom. The van der Waals surface area contributed by atoms with E-state index < -0.39 is 181 Å². The lowest BCUT2D eigenvalue weighted by molar-refractivity contribution is -0.139. The smallest absolute Gasteiger partial charge is 0.303 e. The summed E-state index contributed by atoms with van der Waals surface area (Å²) in [5.74, 6) is -13.3. The van der Waals surface area contributed by atoms with Crippen molar-refractivity contribution in [1.29, 1.82) is 0 Å². The molecule has 3 aromatic rings. The molecule has 95 heavy (non-hydrogen) atoms. The predicted molar refractivity (Wildman–Crippen MR) is 352 cm³/mol. The van der Waals surface area contributed by atoms with E-state index in [-0.39, 0.29) is 57.4 Å². The van der Waals surface area contributed by atoms with Crippen molar-refractivity contribution in [3.63, 3.8) is 0 Å². The second-order valence-corrected chi connectivity index (χ2v) is 24.8. The van der Waals surface area contributed by atoms with E-state index in [1.807, 2.05) is 18.2 Å². The highest BCUT2D eigenvalue weighted by molar-refractivity contribution is 7.98. The number of rotatable bonds is 43. The van der Waals surface area contributed by atoms with E-state index in [1.54, 1.807) is 76.5 Å². The molecule has 0 aliphatic rings. The quantitative estimate of drug-likeness (QED) is 0.0261. The molecule has 0 fully saturated rings. The van der Waals surface area contributed by atoms with Gasteiger partial charge in [0.1, 0.15) is 66.5 Å². The molecule has 13 amide bonds. The summed E-state index contributed by atoms with van der Waals surface area (Å²) >= 11 is 1.38. The maximum Gasteiger partial charge on any atom is 0.303 e. The van der Waals surface area contributed by atoms with E-state index in [4.69, 9.17) is 17.2 Å². The maximum absolute atomic E-state index is 14.6. The fourth-order valence-electron chi connectivity index (χ4n) is 9.81. The van der Waals surface area contributed by atoms with Gasteiger partial charge in [0, 0.05) is 49.7 Å². The normalized spacial score (nSPS) is 14.7. The molecule has 32 heteroatoms. The number of hydrogen-bond donors (Lipinski definition) is 17. The number of nitrogens with one attached hydrogen (secondary N) is 12. The zero-order chi connectivity index (χ0) is 71.1. The standard InChI is InChI=1S/C63H95N15O16S/c1-33(2)28-47(60(91)71-42(20-14-15-26-64)57(88)72-43(21-23-50(65)81)56(87)69-36(6)55(86)74-46(53(66)84)30-39-31-67-41-19-13-12-18-40(39)41)75-61(92)48(29-38-16-10-9-11-17-38)76-58(89)44(22-24-51(82)83)73-62(93)49(32-79)77-63(94)52(34(3)4)78-59(90)45(25-27-95-8)70-54(85)35(5)68-37(7)80/h9-13,16-19,31,33-36,42-49,52,67,79H,14-15,20-30,32,64H2,1-8H3,(H2,65,81)(H2,66,84)(H,68,80)(H,69,87)(H,70,85)(H,71,91)(H,72,88)(H,73,93)(H,74,86)(H,75,92)(H,76,89)(H,77,94)(H,78,90)(H,82,83)/t35-,36-,42-,43-,44-,45-,46-,47-,48-,49-,52-/m0/s1. The Hall–Kier alpha value is -9.17. The number of carbonyl (C=O) groups is 14. The third-order valence-electron chi connectivity index (χ3n) is 15.1. The van der Waals surface area contributed by atoms with Crippen LogP contribution in [0.1, 0.15) is 117 Å². The molecule has 0 radical (unpaired) electrons. The number of aliphatic carboxylic acids is 1. The average Bonchev–Trinajstić information content (AvgIpc) is 1.75. The summed E-state index contributed by atoms with van der Waals surface area (Å²) in [6, 6.07) is -0.0161. The van der Waals surface area contributed by atoms with Crippen LogP contribution in [0.15, 0.2) is 60.8 Å². The van der Waals surface area contributed by atoms with Gasteiger partial charge in [0.25, 0.3) is 0 Å². The number of aliphatic hydroxyl groups excluding tert-OH is 1. The van der Waals surface area contributed by atoms with Gasteiger partial charge in [-0.25, -0.2) is 0 Å². The number of carbonyl (C=O) groups excluding carboxylic acids is 13. The van der Waals surface area contributed by atoms with Gasteiger partial charge in [-0.3, -0.25) is 67.1 Å². The van der Waals surface area contributed by atoms with Crippen LogP contribution in [0.3, 0.4) is 0 Å². The van der Waals surface area contributed by atoms with E-state index in [2.05, 4.69) is 63.5 Å². The number of primary amides is 2. The maximum atomic E-state index is 14.6.